The predicted octanol–water partition coefficient (Wildman–Crippen LogP) is 3.63. The van der Waals surface area contributed by atoms with Crippen LogP contribution in [0.25, 0.3) is 11.1 Å². The molecule has 3 aliphatic carbocycles. The highest BCUT2D eigenvalue weighted by molar-refractivity contribution is 5.82. The van der Waals surface area contributed by atoms with E-state index in [1.807, 2.05) is 24.3 Å². The van der Waals surface area contributed by atoms with E-state index in [-0.39, 0.29) is 48.8 Å². The van der Waals surface area contributed by atoms with Crippen molar-refractivity contribution >= 4 is 18.0 Å². The Hall–Kier alpha value is -3.35. The van der Waals surface area contributed by atoms with Crippen LogP contribution >= 0.6 is 0 Å². The second-order valence-electron chi connectivity index (χ2n) is 10.1. The van der Waals surface area contributed by atoms with Crippen molar-refractivity contribution in [2.45, 2.75) is 43.7 Å². The SMILES string of the molecule is O=C(NC(CC(=O)N1CC2CC1C2C(=O)O)C1CC1)OCC1c2ccccc2-c2ccccc21. The number of hydrogen-bond acceptors (Lipinski definition) is 4. The zero-order valence-electron chi connectivity index (χ0n) is 18.9. The third kappa shape index (κ3) is 3.54. The molecule has 0 radical (unpaired) electrons. The van der Waals surface area contributed by atoms with Gasteiger partial charge in [0.25, 0.3) is 0 Å². The van der Waals surface area contributed by atoms with Crippen molar-refractivity contribution in [1.29, 1.82) is 0 Å². The number of aliphatic carboxylic acids is 1. The van der Waals surface area contributed by atoms with E-state index < -0.39 is 18.0 Å². The number of hydrogen-bond donors (Lipinski definition) is 2. The highest BCUT2D eigenvalue weighted by Gasteiger charge is 2.57. The fraction of sp³-hybridized carbons (Fsp3) is 0.444. The maximum Gasteiger partial charge on any atom is 0.407 e. The smallest absolute Gasteiger partial charge is 0.407 e. The molecule has 2 saturated heterocycles. The molecule has 2 saturated carbocycles. The lowest BCUT2D eigenvalue weighted by atomic mass is 9.74. The lowest BCUT2D eigenvalue weighted by Crippen LogP contribution is -2.47. The van der Waals surface area contributed by atoms with E-state index in [9.17, 15) is 19.5 Å². The molecule has 7 nitrogen and oxygen atoms in total. The van der Waals surface area contributed by atoms with Crippen LogP contribution in [0.15, 0.2) is 48.5 Å². The van der Waals surface area contributed by atoms with Crippen LogP contribution in [0, 0.1) is 17.8 Å². The number of fused-ring (bicyclic) bond motifs is 4. The van der Waals surface area contributed by atoms with Crippen molar-refractivity contribution in [3.05, 3.63) is 59.7 Å². The van der Waals surface area contributed by atoms with Crippen LogP contribution in [-0.4, -0.2) is 53.2 Å². The summed E-state index contributed by atoms with van der Waals surface area (Å²) in [5, 5.41) is 12.3. The number of carboxylic acid groups (broad SMARTS) is 1. The van der Waals surface area contributed by atoms with Crippen molar-refractivity contribution in [3.63, 3.8) is 0 Å². The normalized spacial score (nSPS) is 25.2. The maximum absolute atomic E-state index is 13.0. The second-order valence-corrected chi connectivity index (χ2v) is 10.1. The van der Waals surface area contributed by atoms with E-state index in [4.69, 9.17) is 4.74 Å². The van der Waals surface area contributed by atoms with Crippen LogP contribution in [0.1, 0.15) is 42.7 Å². The van der Waals surface area contributed by atoms with Crippen LogP contribution in [-0.2, 0) is 14.3 Å². The monoisotopic (exact) mass is 460 g/mol. The Morgan fingerprint density at radius 3 is 2.26 bits per heavy atom. The third-order valence-corrected chi connectivity index (χ3v) is 8.14. The minimum atomic E-state index is -0.813. The topological polar surface area (TPSA) is 95.9 Å². The van der Waals surface area contributed by atoms with Crippen molar-refractivity contribution in [2.24, 2.45) is 17.8 Å². The Bertz CT molecular complexity index is 1110. The Balaban J connectivity index is 1.08. The molecule has 7 rings (SSSR count). The van der Waals surface area contributed by atoms with Crippen LogP contribution in [0.4, 0.5) is 4.79 Å². The molecular weight excluding hydrogens is 432 g/mol. The van der Waals surface area contributed by atoms with E-state index in [1.54, 1.807) is 4.90 Å². The van der Waals surface area contributed by atoms with Crippen LogP contribution in [0.3, 0.4) is 0 Å². The number of alkyl carbamates (subject to hydrolysis) is 1. The quantitative estimate of drug-likeness (QED) is 0.658. The molecule has 7 heteroatoms. The van der Waals surface area contributed by atoms with Crippen molar-refractivity contribution in [1.82, 2.24) is 10.2 Å². The van der Waals surface area contributed by atoms with Gasteiger partial charge in [-0.25, -0.2) is 4.79 Å². The van der Waals surface area contributed by atoms with Gasteiger partial charge in [0, 0.05) is 31.0 Å². The molecule has 2 bridgehead atoms. The van der Waals surface area contributed by atoms with E-state index in [0.29, 0.717) is 6.54 Å². The molecule has 2 aromatic carbocycles. The number of carbonyl (C=O) groups is 3. The molecule has 34 heavy (non-hydrogen) atoms. The standard InChI is InChI=1S/C27H28N2O5/c30-24(29-13-16-11-23(29)25(16)26(31)32)12-22(15-9-10-15)28-27(33)34-14-21-19-7-3-1-5-17(19)18-6-2-4-8-20(18)21/h1-8,15-16,21-23,25H,9-14H2,(H,28,33)(H,31,32). The van der Waals surface area contributed by atoms with Gasteiger partial charge in [-0.05, 0) is 53.4 Å². The van der Waals surface area contributed by atoms with Gasteiger partial charge in [0.1, 0.15) is 6.61 Å². The number of benzene rings is 2. The number of ether oxygens (including phenoxy) is 1. The summed E-state index contributed by atoms with van der Waals surface area (Å²) in [5.41, 5.74) is 4.67. The number of nitrogens with zero attached hydrogens (tertiary/aromatic N) is 1. The Morgan fingerprint density at radius 1 is 1.03 bits per heavy atom. The maximum atomic E-state index is 13.0. The third-order valence-electron chi connectivity index (χ3n) is 8.14. The van der Waals surface area contributed by atoms with Gasteiger partial charge < -0.3 is 20.1 Å². The fourth-order valence-corrected chi connectivity index (χ4v) is 6.20. The summed E-state index contributed by atoms with van der Waals surface area (Å²) in [6.45, 7) is 0.754. The summed E-state index contributed by atoms with van der Waals surface area (Å²) in [6.07, 6.45) is 2.43. The van der Waals surface area contributed by atoms with Gasteiger partial charge in [-0.15, -0.1) is 0 Å². The van der Waals surface area contributed by atoms with Crippen LogP contribution in [0.2, 0.25) is 0 Å². The molecule has 4 atom stereocenters. The number of rotatable bonds is 7. The average Bonchev–Trinajstić information content (AvgIpc) is 3.34. The van der Waals surface area contributed by atoms with Gasteiger partial charge in [0.05, 0.1) is 5.92 Å². The molecular formula is C27H28N2O5. The van der Waals surface area contributed by atoms with Crippen LogP contribution < -0.4 is 5.32 Å². The minimum Gasteiger partial charge on any atom is -0.481 e. The zero-order chi connectivity index (χ0) is 23.4. The van der Waals surface area contributed by atoms with Gasteiger partial charge in [-0.2, -0.15) is 0 Å². The van der Waals surface area contributed by atoms with E-state index >= 15 is 0 Å². The lowest BCUT2D eigenvalue weighted by molar-refractivity contribution is -0.148. The fourth-order valence-electron chi connectivity index (χ4n) is 6.20. The summed E-state index contributed by atoms with van der Waals surface area (Å²) in [6, 6.07) is 15.9. The van der Waals surface area contributed by atoms with Gasteiger partial charge in [0.15, 0.2) is 0 Å². The van der Waals surface area contributed by atoms with E-state index in [1.165, 1.54) is 11.1 Å². The molecule has 2 heterocycles. The molecule has 2 aliphatic heterocycles. The molecule has 176 valence electrons. The first kappa shape index (κ1) is 21.2. The minimum absolute atomic E-state index is 0.0106. The van der Waals surface area contributed by atoms with Gasteiger partial charge >= 0.3 is 12.1 Å². The first-order chi connectivity index (χ1) is 16.5. The number of amides is 2. The Labute approximate surface area is 198 Å². The highest BCUT2D eigenvalue weighted by atomic mass is 16.5. The Kier molecular flexibility index (Phi) is 5.08. The second kappa shape index (κ2) is 8.15. The van der Waals surface area contributed by atoms with Crippen molar-refractivity contribution < 1.29 is 24.2 Å². The number of carboxylic acids is 1. The lowest BCUT2D eigenvalue weighted by Gasteiger charge is -2.33. The van der Waals surface area contributed by atoms with Crippen molar-refractivity contribution in [3.8, 4) is 11.1 Å². The van der Waals surface area contributed by atoms with Gasteiger partial charge in [-0.1, -0.05) is 48.5 Å². The molecule has 5 aliphatic rings. The first-order valence-electron chi connectivity index (χ1n) is 12.1. The highest BCUT2D eigenvalue weighted by Crippen LogP contribution is 2.47. The summed E-state index contributed by atoms with van der Waals surface area (Å²) in [7, 11) is 0. The molecule has 2 amide bonds. The molecule has 0 aromatic heterocycles. The predicted molar refractivity (Wildman–Crippen MR) is 124 cm³/mol. The molecule has 4 unspecified atom stereocenters. The molecule has 2 aromatic rings. The largest absolute Gasteiger partial charge is 0.481 e. The van der Waals surface area contributed by atoms with Crippen molar-refractivity contribution in [2.75, 3.05) is 13.2 Å². The zero-order valence-corrected chi connectivity index (χ0v) is 18.9. The molecule has 0 spiro atoms. The average molecular weight is 461 g/mol. The number of nitrogens with one attached hydrogen (secondary N) is 1. The molecule has 4 fully saturated rings. The molecule has 2 N–H and O–H groups in total. The van der Waals surface area contributed by atoms with E-state index in [0.717, 1.165) is 30.4 Å². The summed E-state index contributed by atoms with van der Waals surface area (Å²) < 4.78 is 5.68. The van der Waals surface area contributed by atoms with Gasteiger partial charge in [0.2, 0.25) is 5.91 Å². The first-order valence-corrected chi connectivity index (χ1v) is 12.1. The summed E-state index contributed by atoms with van der Waals surface area (Å²) in [5.74, 6) is -0.973. The van der Waals surface area contributed by atoms with E-state index in [2.05, 4.69) is 29.6 Å². The van der Waals surface area contributed by atoms with Gasteiger partial charge in [-0.3, -0.25) is 9.59 Å². The summed E-state index contributed by atoms with van der Waals surface area (Å²) in [4.78, 5) is 38.8. The Morgan fingerprint density at radius 2 is 1.68 bits per heavy atom. The van der Waals surface area contributed by atoms with Crippen LogP contribution in [0.5, 0.6) is 0 Å². The number of carbonyl (C=O) groups excluding carboxylic acids is 2. The summed E-state index contributed by atoms with van der Waals surface area (Å²) >= 11 is 0.